The predicted octanol–water partition coefficient (Wildman–Crippen LogP) is 1.71. The number of sulfonamides is 1. The Morgan fingerprint density at radius 2 is 2.00 bits per heavy atom. The summed E-state index contributed by atoms with van der Waals surface area (Å²) in [6.07, 6.45) is 1.81. The van der Waals surface area contributed by atoms with Gasteiger partial charge in [-0.1, -0.05) is 18.2 Å². The van der Waals surface area contributed by atoms with Gasteiger partial charge >= 0.3 is 0 Å². The third-order valence-electron chi connectivity index (χ3n) is 3.59. The molecule has 1 saturated heterocycles. The Morgan fingerprint density at radius 1 is 1.33 bits per heavy atom. The molecule has 2 N–H and O–H groups in total. The van der Waals surface area contributed by atoms with Crippen LogP contribution in [0.5, 0.6) is 0 Å². The average Bonchev–Trinajstić information content (AvgIpc) is 2.69. The van der Waals surface area contributed by atoms with Crippen molar-refractivity contribution >= 4 is 10.0 Å². The standard InChI is InChI=1S/C13H20N2O2S/c1-13(2)8-5-9-15(13)18(16,17)12-7-4-3-6-11(12)10-14/h3-4,6-7H,5,8-10,14H2,1-2H3. The highest BCUT2D eigenvalue weighted by molar-refractivity contribution is 7.89. The summed E-state index contributed by atoms with van der Waals surface area (Å²) in [7, 11) is -3.44. The normalized spacial score (nSPS) is 20.2. The first-order valence-corrected chi connectivity index (χ1v) is 7.64. The smallest absolute Gasteiger partial charge is 0.243 e. The third kappa shape index (κ3) is 2.18. The number of hydrogen-bond acceptors (Lipinski definition) is 3. The number of rotatable bonds is 3. The Kier molecular flexibility index (Phi) is 3.49. The summed E-state index contributed by atoms with van der Waals surface area (Å²) in [6.45, 7) is 4.78. The van der Waals surface area contributed by atoms with Crippen molar-refractivity contribution in [1.82, 2.24) is 4.31 Å². The molecule has 0 saturated carbocycles. The van der Waals surface area contributed by atoms with Crippen LogP contribution in [0, 0.1) is 0 Å². The van der Waals surface area contributed by atoms with Gasteiger partial charge in [-0.05, 0) is 38.3 Å². The van der Waals surface area contributed by atoms with Gasteiger partial charge in [0.05, 0.1) is 4.90 Å². The highest BCUT2D eigenvalue weighted by atomic mass is 32.2. The molecular formula is C13H20N2O2S. The Balaban J connectivity index is 2.49. The van der Waals surface area contributed by atoms with Gasteiger partial charge in [0.1, 0.15) is 0 Å². The summed E-state index contributed by atoms with van der Waals surface area (Å²) >= 11 is 0. The van der Waals surface area contributed by atoms with Gasteiger partial charge in [0.15, 0.2) is 0 Å². The van der Waals surface area contributed by atoms with Crippen LogP contribution < -0.4 is 5.73 Å². The lowest BCUT2D eigenvalue weighted by molar-refractivity contribution is 0.291. The quantitative estimate of drug-likeness (QED) is 0.907. The zero-order chi connectivity index (χ0) is 13.4. The van der Waals surface area contributed by atoms with Gasteiger partial charge in [-0.3, -0.25) is 0 Å². The number of nitrogens with zero attached hydrogens (tertiary/aromatic N) is 1. The zero-order valence-corrected chi connectivity index (χ0v) is 11.7. The molecule has 5 heteroatoms. The largest absolute Gasteiger partial charge is 0.326 e. The third-order valence-corrected chi connectivity index (χ3v) is 5.80. The Hall–Kier alpha value is -0.910. The van der Waals surface area contributed by atoms with Crippen molar-refractivity contribution in [1.29, 1.82) is 0 Å². The van der Waals surface area contributed by atoms with Gasteiger partial charge in [0, 0.05) is 18.6 Å². The van der Waals surface area contributed by atoms with Crippen LogP contribution in [-0.2, 0) is 16.6 Å². The molecule has 0 radical (unpaired) electrons. The molecule has 1 aliphatic rings. The van der Waals surface area contributed by atoms with E-state index in [2.05, 4.69) is 0 Å². The lowest BCUT2D eigenvalue weighted by Gasteiger charge is -2.31. The fourth-order valence-corrected chi connectivity index (χ4v) is 4.65. The fraction of sp³-hybridized carbons (Fsp3) is 0.538. The van der Waals surface area contributed by atoms with Crippen LogP contribution in [0.25, 0.3) is 0 Å². The van der Waals surface area contributed by atoms with E-state index in [1.807, 2.05) is 19.9 Å². The molecule has 0 atom stereocenters. The molecule has 2 rings (SSSR count). The molecular weight excluding hydrogens is 248 g/mol. The van der Waals surface area contributed by atoms with Crippen LogP contribution in [-0.4, -0.2) is 24.8 Å². The maximum Gasteiger partial charge on any atom is 0.243 e. The van der Waals surface area contributed by atoms with E-state index in [1.54, 1.807) is 22.5 Å². The van der Waals surface area contributed by atoms with Crippen molar-refractivity contribution in [2.75, 3.05) is 6.54 Å². The summed E-state index contributed by atoms with van der Waals surface area (Å²) < 4.78 is 27.0. The predicted molar refractivity (Wildman–Crippen MR) is 71.5 cm³/mol. The van der Waals surface area contributed by atoms with Crippen LogP contribution in [0.3, 0.4) is 0 Å². The van der Waals surface area contributed by atoms with Crippen LogP contribution in [0.4, 0.5) is 0 Å². The molecule has 0 amide bonds. The molecule has 0 aromatic heterocycles. The van der Waals surface area contributed by atoms with Gasteiger partial charge in [0.2, 0.25) is 10.0 Å². The van der Waals surface area contributed by atoms with Gasteiger partial charge in [-0.25, -0.2) is 8.42 Å². The van der Waals surface area contributed by atoms with E-state index in [0.717, 1.165) is 12.8 Å². The Labute approximate surface area is 109 Å². The summed E-state index contributed by atoms with van der Waals surface area (Å²) in [5.41, 5.74) is 6.01. The number of benzene rings is 1. The second kappa shape index (κ2) is 4.64. The highest BCUT2D eigenvalue weighted by Crippen LogP contribution is 2.34. The molecule has 4 nitrogen and oxygen atoms in total. The van der Waals surface area contributed by atoms with Gasteiger partial charge in [-0.2, -0.15) is 4.31 Å². The lowest BCUT2D eigenvalue weighted by atomic mass is 10.0. The van der Waals surface area contributed by atoms with Crippen LogP contribution in [0.1, 0.15) is 32.3 Å². The summed E-state index contributed by atoms with van der Waals surface area (Å²) in [4.78, 5) is 0.350. The summed E-state index contributed by atoms with van der Waals surface area (Å²) in [6, 6.07) is 6.98. The second-order valence-corrected chi connectivity index (χ2v) is 7.14. The van der Waals surface area contributed by atoms with Crippen LogP contribution >= 0.6 is 0 Å². The number of hydrogen-bond donors (Lipinski definition) is 1. The van der Waals surface area contributed by atoms with Crippen molar-refractivity contribution in [2.45, 2.75) is 43.7 Å². The highest BCUT2D eigenvalue weighted by Gasteiger charge is 2.41. The molecule has 100 valence electrons. The van der Waals surface area contributed by atoms with E-state index >= 15 is 0 Å². The SMILES string of the molecule is CC1(C)CCCN1S(=O)(=O)c1ccccc1CN. The number of nitrogens with two attached hydrogens (primary N) is 1. The molecule has 1 aromatic carbocycles. The summed E-state index contributed by atoms with van der Waals surface area (Å²) in [5.74, 6) is 0. The van der Waals surface area contributed by atoms with Crippen molar-refractivity contribution < 1.29 is 8.42 Å². The molecule has 0 aliphatic carbocycles. The molecule has 1 aliphatic heterocycles. The van der Waals surface area contributed by atoms with Crippen molar-refractivity contribution in [3.8, 4) is 0 Å². The van der Waals surface area contributed by atoms with Gasteiger partial charge in [-0.15, -0.1) is 0 Å². The first kappa shape index (κ1) is 13.5. The monoisotopic (exact) mass is 268 g/mol. The van der Waals surface area contributed by atoms with E-state index in [0.29, 0.717) is 17.0 Å². The van der Waals surface area contributed by atoms with E-state index in [4.69, 9.17) is 5.73 Å². The summed E-state index contributed by atoms with van der Waals surface area (Å²) in [5, 5.41) is 0. The zero-order valence-electron chi connectivity index (χ0n) is 10.9. The van der Waals surface area contributed by atoms with Gasteiger partial charge < -0.3 is 5.73 Å². The minimum atomic E-state index is -3.44. The maximum absolute atomic E-state index is 12.7. The molecule has 0 bridgehead atoms. The van der Waals surface area contributed by atoms with E-state index in [1.165, 1.54) is 0 Å². The van der Waals surface area contributed by atoms with E-state index in [9.17, 15) is 8.42 Å². The maximum atomic E-state index is 12.7. The second-order valence-electron chi connectivity index (χ2n) is 5.31. The van der Waals surface area contributed by atoms with E-state index < -0.39 is 10.0 Å². The minimum Gasteiger partial charge on any atom is -0.326 e. The molecule has 0 spiro atoms. The van der Waals surface area contributed by atoms with Crippen molar-refractivity contribution in [2.24, 2.45) is 5.73 Å². The van der Waals surface area contributed by atoms with Crippen molar-refractivity contribution in [3.05, 3.63) is 29.8 Å². The molecule has 1 fully saturated rings. The Morgan fingerprint density at radius 3 is 2.56 bits per heavy atom. The van der Waals surface area contributed by atoms with E-state index in [-0.39, 0.29) is 12.1 Å². The molecule has 0 unspecified atom stereocenters. The van der Waals surface area contributed by atoms with Crippen LogP contribution in [0.15, 0.2) is 29.2 Å². The first-order valence-electron chi connectivity index (χ1n) is 6.20. The van der Waals surface area contributed by atoms with Crippen molar-refractivity contribution in [3.63, 3.8) is 0 Å². The topological polar surface area (TPSA) is 63.4 Å². The minimum absolute atomic E-state index is 0.240. The first-order chi connectivity index (χ1) is 8.39. The average molecular weight is 268 g/mol. The molecule has 18 heavy (non-hydrogen) atoms. The molecule has 1 aromatic rings. The van der Waals surface area contributed by atoms with Gasteiger partial charge in [0.25, 0.3) is 0 Å². The lowest BCUT2D eigenvalue weighted by Crippen LogP contribution is -2.42. The Bertz CT molecular complexity index is 538. The van der Waals surface area contributed by atoms with Crippen LogP contribution in [0.2, 0.25) is 0 Å². The molecule has 1 heterocycles. The fourth-order valence-electron chi connectivity index (χ4n) is 2.57.